The highest BCUT2D eigenvalue weighted by Crippen LogP contribution is 2.66. The minimum absolute atomic E-state index is 0.0505. The zero-order valence-corrected chi connectivity index (χ0v) is 19.3. The van der Waals surface area contributed by atoms with E-state index in [-0.39, 0.29) is 28.8 Å². The van der Waals surface area contributed by atoms with Gasteiger partial charge in [0.15, 0.2) is 11.8 Å². The predicted molar refractivity (Wildman–Crippen MR) is 125 cm³/mol. The molecule has 1 amide bonds. The van der Waals surface area contributed by atoms with Crippen LogP contribution in [0.3, 0.4) is 0 Å². The van der Waals surface area contributed by atoms with Crippen molar-refractivity contribution in [3.8, 4) is 18.2 Å². The van der Waals surface area contributed by atoms with Crippen LogP contribution in [0.2, 0.25) is 0 Å². The number of rotatable bonds is 7. The number of carbonyl (C=O) groups is 1. The molecule has 2 aromatic rings. The van der Waals surface area contributed by atoms with Crippen molar-refractivity contribution in [1.82, 2.24) is 9.97 Å². The largest absolute Gasteiger partial charge is 0.463 e. The molecule has 172 valence electrons. The number of carbonyl (C=O) groups excluding carboxylic acids is 1. The molecule has 0 spiro atoms. The fourth-order valence-electron chi connectivity index (χ4n) is 4.38. The van der Waals surface area contributed by atoms with Gasteiger partial charge in [-0.15, -0.1) is 6.42 Å². The highest BCUT2D eigenvalue weighted by molar-refractivity contribution is 8.15. The van der Waals surface area contributed by atoms with Gasteiger partial charge >= 0.3 is 0 Å². The Hall–Kier alpha value is -3.16. The van der Waals surface area contributed by atoms with Crippen LogP contribution in [-0.4, -0.2) is 46.1 Å². The van der Waals surface area contributed by atoms with Crippen molar-refractivity contribution in [1.29, 1.82) is 0 Å². The van der Waals surface area contributed by atoms with E-state index in [1.807, 2.05) is 6.92 Å². The van der Waals surface area contributed by atoms with E-state index in [1.165, 1.54) is 30.1 Å². The first-order valence-electron chi connectivity index (χ1n) is 10.3. The lowest BCUT2D eigenvalue weighted by Gasteiger charge is -2.34. The first-order chi connectivity index (χ1) is 15.7. The molecule has 0 radical (unpaired) electrons. The monoisotopic (exact) mass is 469 g/mol. The number of hydrogen-bond donors (Lipinski definition) is 2. The summed E-state index contributed by atoms with van der Waals surface area (Å²) < 4.78 is 25.4. The number of benzene rings is 1. The van der Waals surface area contributed by atoms with E-state index < -0.39 is 17.3 Å². The van der Waals surface area contributed by atoms with Crippen molar-refractivity contribution in [3.63, 3.8) is 0 Å². The molecular formula is C23H24FN5O3S. The lowest BCUT2D eigenvalue weighted by molar-refractivity contribution is 0.102. The molecule has 2 aliphatic rings. The summed E-state index contributed by atoms with van der Waals surface area (Å²) in [5, 5.41) is 3.17. The Balaban J connectivity index is 1.59. The van der Waals surface area contributed by atoms with Gasteiger partial charge in [0.05, 0.1) is 28.8 Å². The van der Waals surface area contributed by atoms with Crippen molar-refractivity contribution in [2.45, 2.75) is 30.6 Å². The number of methoxy groups -OCH3 is 1. The van der Waals surface area contributed by atoms with E-state index in [2.05, 4.69) is 26.2 Å². The summed E-state index contributed by atoms with van der Waals surface area (Å²) in [6, 6.07) is 4.41. The van der Waals surface area contributed by atoms with Crippen LogP contribution in [0.25, 0.3) is 0 Å². The normalized spacial score (nSPS) is 25.4. The Bertz CT molecular complexity index is 1180. The molecule has 10 heteroatoms. The number of anilines is 1. The maximum atomic E-state index is 15.0. The summed E-state index contributed by atoms with van der Waals surface area (Å²) in [6.45, 7) is 4.07. The number of thioether (sulfide) groups is 1. The van der Waals surface area contributed by atoms with Gasteiger partial charge in [0, 0.05) is 24.3 Å². The molecule has 33 heavy (non-hydrogen) atoms. The summed E-state index contributed by atoms with van der Waals surface area (Å²) in [5.41, 5.74) is 6.52. The van der Waals surface area contributed by atoms with Crippen LogP contribution < -0.4 is 15.8 Å². The minimum atomic E-state index is -0.871. The predicted octanol–water partition coefficient (Wildman–Crippen LogP) is 2.87. The maximum Gasteiger partial charge on any atom is 0.276 e. The van der Waals surface area contributed by atoms with E-state index in [1.54, 1.807) is 20.1 Å². The van der Waals surface area contributed by atoms with Crippen LogP contribution in [0.4, 0.5) is 10.1 Å². The molecule has 2 heterocycles. The molecule has 1 saturated carbocycles. The number of ether oxygens (including phenoxy) is 2. The van der Waals surface area contributed by atoms with Gasteiger partial charge in [-0.05, 0) is 38.5 Å². The van der Waals surface area contributed by atoms with E-state index >= 15 is 0 Å². The van der Waals surface area contributed by atoms with Crippen molar-refractivity contribution in [2.75, 3.05) is 25.6 Å². The van der Waals surface area contributed by atoms with Gasteiger partial charge in [0.25, 0.3) is 5.91 Å². The Kier molecular flexibility index (Phi) is 6.03. The summed E-state index contributed by atoms with van der Waals surface area (Å²) in [6.07, 6.45) is 7.31. The van der Waals surface area contributed by atoms with E-state index in [4.69, 9.17) is 21.6 Å². The Labute approximate surface area is 195 Å². The van der Waals surface area contributed by atoms with E-state index in [0.717, 1.165) is 6.42 Å². The quantitative estimate of drug-likeness (QED) is 0.600. The van der Waals surface area contributed by atoms with Gasteiger partial charge in [-0.25, -0.2) is 14.4 Å². The first kappa shape index (κ1) is 23.0. The third-order valence-corrected chi connectivity index (χ3v) is 7.23. The van der Waals surface area contributed by atoms with Crippen molar-refractivity contribution in [3.05, 3.63) is 47.2 Å². The lowest BCUT2D eigenvalue weighted by atomic mass is 9.85. The molecule has 1 fully saturated rings. The van der Waals surface area contributed by atoms with Crippen molar-refractivity contribution >= 4 is 28.5 Å². The Morgan fingerprint density at radius 3 is 2.97 bits per heavy atom. The van der Waals surface area contributed by atoms with Crippen LogP contribution in [-0.2, 0) is 10.3 Å². The second-order valence-electron chi connectivity index (χ2n) is 8.24. The van der Waals surface area contributed by atoms with Gasteiger partial charge in [0.1, 0.15) is 11.5 Å². The second kappa shape index (κ2) is 8.65. The molecule has 0 bridgehead atoms. The molecule has 1 aliphatic heterocycles. The highest BCUT2D eigenvalue weighted by Gasteiger charge is 2.66. The molecule has 0 saturated heterocycles. The molecular weight excluding hydrogens is 445 g/mol. The van der Waals surface area contributed by atoms with E-state index in [0.29, 0.717) is 28.7 Å². The number of nitrogens with one attached hydrogen (secondary N) is 1. The number of amidine groups is 1. The fourth-order valence-corrected chi connectivity index (χ4v) is 5.83. The first-order valence-corrected chi connectivity index (χ1v) is 11.1. The van der Waals surface area contributed by atoms with Crippen molar-refractivity contribution < 1.29 is 18.7 Å². The average molecular weight is 470 g/mol. The highest BCUT2D eigenvalue weighted by atomic mass is 32.2. The number of aliphatic imine (C=N–C) groups is 1. The molecule has 4 rings (SSSR count). The summed E-state index contributed by atoms with van der Waals surface area (Å²) in [5.74, 6) is 1.74. The standard InChI is InChI=1S/C23H24FN5O3S/c1-5-8-32-18-11-26-19(13(2)27-18)20(30)28-14-6-7-16(24)15(9-14)22(3)17-10-23(17,12-31-4)33-21(25)29-22/h1,6-7,9,11,17H,8,10,12H2,2-4H3,(H2,25,29)(H,28,30)/t17-,22+,23+/m0/s1. The topological polar surface area (TPSA) is 112 Å². The summed E-state index contributed by atoms with van der Waals surface area (Å²) in [7, 11) is 1.64. The molecule has 1 aliphatic carbocycles. The zero-order chi connectivity index (χ0) is 23.8. The van der Waals surface area contributed by atoms with Crippen LogP contribution >= 0.6 is 11.8 Å². The van der Waals surface area contributed by atoms with Gasteiger partial charge in [-0.2, -0.15) is 0 Å². The van der Waals surface area contributed by atoms with Gasteiger partial charge in [0.2, 0.25) is 5.88 Å². The van der Waals surface area contributed by atoms with Gasteiger partial charge in [-0.1, -0.05) is 17.7 Å². The number of aromatic nitrogens is 2. The Morgan fingerprint density at radius 2 is 2.27 bits per heavy atom. The average Bonchev–Trinajstić information content (AvgIpc) is 3.48. The number of terminal acetylenes is 1. The number of halogens is 1. The van der Waals surface area contributed by atoms with Crippen LogP contribution in [0.15, 0.2) is 29.4 Å². The maximum absolute atomic E-state index is 15.0. The summed E-state index contributed by atoms with van der Waals surface area (Å²) >= 11 is 1.48. The number of nitrogens with two attached hydrogens (primary N) is 1. The molecule has 0 unspecified atom stereocenters. The van der Waals surface area contributed by atoms with E-state index in [9.17, 15) is 9.18 Å². The lowest BCUT2D eigenvalue weighted by Crippen LogP contribution is -2.37. The van der Waals surface area contributed by atoms with Crippen LogP contribution in [0, 0.1) is 31.0 Å². The molecule has 3 atom stereocenters. The third-order valence-electron chi connectivity index (χ3n) is 5.95. The number of nitrogens with zero attached hydrogens (tertiary/aromatic N) is 3. The molecule has 1 aromatic heterocycles. The zero-order valence-electron chi connectivity index (χ0n) is 18.5. The molecule has 3 N–H and O–H groups in total. The number of fused-ring (bicyclic) bond motifs is 1. The fraction of sp³-hybridized carbons (Fsp3) is 0.391. The summed E-state index contributed by atoms with van der Waals surface area (Å²) in [4.78, 5) is 25.8. The van der Waals surface area contributed by atoms with Crippen LogP contribution in [0.5, 0.6) is 5.88 Å². The SMILES string of the molecule is C#CCOc1cnc(C(=O)Nc2ccc(F)c([C@@]3(C)N=C(N)S[C@@]4(COC)C[C@H]43)c2)c(C)n1. The third kappa shape index (κ3) is 4.26. The number of hydrogen-bond acceptors (Lipinski definition) is 8. The minimum Gasteiger partial charge on any atom is -0.463 e. The van der Waals surface area contributed by atoms with Crippen molar-refractivity contribution in [2.24, 2.45) is 16.6 Å². The molecule has 1 aromatic carbocycles. The van der Waals surface area contributed by atoms with Crippen LogP contribution in [0.1, 0.15) is 35.1 Å². The van der Waals surface area contributed by atoms with Gasteiger partial charge < -0.3 is 20.5 Å². The molecule has 8 nitrogen and oxygen atoms in total. The second-order valence-corrected chi connectivity index (χ2v) is 9.67. The Morgan fingerprint density at radius 1 is 1.48 bits per heavy atom. The van der Waals surface area contributed by atoms with Gasteiger partial charge in [-0.3, -0.25) is 9.79 Å². The smallest absolute Gasteiger partial charge is 0.276 e. The number of aryl methyl sites for hydroxylation is 1. The number of amides is 1.